The van der Waals surface area contributed by atoms with Crippen LogP contribution in [-0.4, -0.2) is 28.2 Å². The molecule has 88 valence electrons. The molecular weight excluding hydrogens is 220 g/mol. The van der Waals surface area contributed by atoms with E-state index in [4.69, 9.17) is 0 Å². The van der Waals surface area contributed by atoms with Gasteiger partial charge >= 0.3 is 6.03 Å². The number of nitrogens with one attached hydrogen (secondary N) is 1. The van der Waals surface area contributed by atoms with Crippen LogP contribution in [0.1, 0.15) is 17.3 Å². The summed E-state index contributed by atoms with van der Waals surface area (Å²) in [6, 6.07) is 7.73. The summed E-state index contributed by atoms with van der Waals surface area (Å²) in [7, 11) is 0. The molecule has 1 aromatic rings. The molecule has 0 saturated heterocycles. The Morgan fingerprint density at radius 3 is 2.65 bits per heavy atom. The predicted octanol–water partition coefficient (Wildman–Crippen LogP) is 1.07. The number of aliphatic hydroxyl groups is 1. The van der Waals surface area contributed by atoms with E-state index in [1.165, 1.54) is 6.20 Å². The van der Waals surface area contributed by atoms with E-state index < -0.39 is 18.2 Å². The summed E-state index contributed by atoms with van der Waals surface area (Å²) in [6.07, 6.45) is 0.179. The van der Waals surface area contributed by atoms with Gasteiger partial charge in [0.25, 0.3) is 5.91 Å². The van der Waals surface area contributed by atoms with Crippen molar-refractivity contribution in [2.24, 2.45) is 0 Å². The van der Waals surface area contributed by atoms with Crippen molar-refractivity contribution in [2.45, 2.75) is 13.2 Å². The number of carbonyl (C=O) groups excluding carboxylic acids is 2. The molecule has 0 fully saturated rings. The molecule has 2 rings (SSSR count). The fraction of sp³-hybridized carbons (Fsp3) is 0.167. The van der Waals surface area contributed by atoms with Crippen molar-refractivity contribution in [3.05, 3.63) is 47.7 Å². The van der Waals surface area contributed by atoms with Gasteiger partial charge in [0.2, 0.25) is 0 Å². The molecule has 1 aliphatic heterocycles. The maximum atomic E-state index is 12.0. The summed E-state index contributed by atoms with van der Waals surface area (Å²) in [5.41, 5.74) is 0.866. The number of nitrogens with zero attached hydrogens (tertiary/aromatic N) is 1. The number of urea groups is 1. The van der Waals surface area contributed by atoms with Crippen molar-refractivity contribution in [3.8, 4) is 0 Å². The van der Waals surface area contributed by atoms with Crippen LogP contribution >= 0.6 is 0 Å². The lowest BCUT2D eigenvalue weighted by atomic mass is 10.1. The third-order valence-electron chi connectivity index (χ3n) is 2.53. The summed E-state index contributed by atoms with van der Waals surface area (Å²) < 4.78 is 0. The number of benzene rings is 1. The van der Waals surface area contributed by atoms with E-state index in [0.29, 0.717) is 11.1 Å². The zero-order valence-corrected chi connectivity index (χ0v) is 9.25. The Morgan fingerprint density at radius 1 is 1.35 bits per heavy atom. The fourth-order valence-corrected chi connectivity index (χ4v) is 1.56. The Hall–Kier alpha value is -2.14. The van der Waals surface area contributed by atoms with Gasteiger partial charge in [0.05, 0.1) is 0 Å². The lowest BCUT2D eigenvalue weighted by molar-refractivity contribution is 0.0386. The summed E-state index contributed by atoms with van der Waals surface area (Å²) in [4.78, 5) is 24.4. The highest BCUT2D eigenvalue weighted by Crippen LogP contribution is 2.15. The maximum absolute atomic E-state index is 12.0. The number of amides is 3. The first-order valence-electron chi connectivity index (χ1n) is 5.15. The van der Waals surface area contributed by atoms with Crippen LogP contribution in [0.2, 0.25) is 0 Å². The minimum absolute atomic E-state index is 0.358. The van der Waals surface area contributed by atoms with Gasteiger partial charge in [-0.1, -0.05) is 18.2 Å². The van der Waals surface area contributed by atoms with E-state index in [9.17, 15) is 14.7 Å². The first-order chi connectivity index (χ1) is 8.11. The molecule has 1 unspecified atom stereocenters. The zero-order chi connectivity index (χ0) is 12.4. The Balaban J connectivity index is 2.31. The molecule has 0 saturated carbocycles. The minimum atomic E-state index is -1.21. The van der Waals surface area contributed by atoms with Crippen molar-refractivity contribution in [1.29, 1.82) is 0 Å². The van der Waals surface area contributed by atoms with Gasteiger partial charge in [-0.15, -0.1) is 0 Å². The summed E-state index contributed by atoms with van der Waals surface area (Å²) in [5, 5.41) is 12.2. The molecule has 0 aromatic heterocycles. The van der Waals surface area contributed by atoms with E-state index in [-0.39, 0.29) is 0 Å². The average Bonchev–Trinajstić information content (AvgIpc) is 2.35. The van der Waals surface area contributed by atoms with E-state index in [1.807, 2.05) is 0 Å². The number of aliphatic hydroxyl groups excluding tert-OH is 1. The van der Waals surface area contributed by atoms with Crippen molar-refractivity contribution in [3.63, 3.8) is 0 Å². The zero-order valence-electron chi connectivity index (χ0n) is 9.25. The highest BCUT2D eigenvalue weighted by Gasteiger charge is 2.32. The topological polar surface area (TPSA) is 69.6 Å². The van der Waals surface area contributed by atoms with Gasteiger partial charge in [0.15, 0.2) is 6.23 Å². The van der Waals surface area contributed by atoms with Crippen LogP contribution in [0.3, 0.4) is 0 Å². The summed E-state index contributed by atoms with van der Waals surface area (Å²) in [6.45, 7) is 1.63. The van der Waals surface area contributed by atoms with Crippen molar-refractivity contribution < 1.29 is 14.7 Å². The third-order valence-corrected chi connectivity index (χ3v) is 2.53. The van der Waals surface area contributed by atoms with Crippen LogP contribution in [-0.2, 0) is 0 Å². The van der Waals surface area contributed by atoms with E-state index >= 15 is 0 Å². The Bertz CT molecular complexity index is 482. The smallest absolute Gasteiger partial charge is 0.330 e. The predicted molar refractivity (Wildman–Crippen MR) is 60.9 cm³/mol. The molecule has 1 atom stereocenters. The monoisotopic (exact) mass is 232 g/mol. The highest BCUT2D eigenvalue weighted by molar-refractivity contribution is 6.05. The largest absolute Gasteiger partial charge is 0.369 e. The standard InChI is InChI=1S/C12H12N2O3/c1-8-7-13-12(17)14(10(8)15)11(16)9-5-3-2-4-6-9/h2-7,10,15H,1H3,(H,13,17). The minimum Gasteiger partial charge on any atom is -0.369 e. The number of imide groups is 1. The molecule has 0 radical (unpaired) electrons. The fourth-order valence-electron chi connectivity index (χ4n) is 1.56. The second-order valence-corrected chi connectivity index (χ2v) is 3.75. The number of rotatable bonds is 1. The van der Waals surface area contributed by atoms with Crippen LogP contribution in [0.5, 0.6) is 0 Å². The number of hydrogen-bond donors (Lipinski definition) is 2. The molecule has 5 heteroatoms. The molecular formula is C12H12N2O3. The van der Waals surface area contributed by atoms with Gasteiger partial charge in [0, 0.05) is 11.8 Å². The first-order valence-corrected chi connectivity index (χ1v) is 5.15. The molecule has 2 N–H and O–H groups in total. The van der Waals surface area contributed by atoms with Crippen molar-refractivity contribution in [1.82, 2.24) is 10.2 Å². The van der Waals surface area contributed by atoms with E-state index in [2.05, 4.69) is 5.32 Å². The number of hydrogen-bond acceptors (Lipinski definition) is 3. The van der Waals surface area contributed by atoms with E-state index in [1.54, 1.807) is 37.3 Å². The molecule has 3 amide bonds. The summed E-state index contributed by atoms with van der Waals surface area (Å²) in [5.74, 6) is -0.525. The molecule has 1 heterocycles. The molecule has 0 spiro atoms. The molecule has 1 aromatic carbocycles. The van der Waals surface area contributed by atoms with Crippen molar-refractivity contribution in [2.75, 3.05) is 0 Å². The molecule has 17 heavy (non-hydrogen) atoms. The Morgan fingerprint density at radius 2 is 2.00 bits per heavy atom. The highest BCUT2D eigenvalue weighted by atomic mass is 16.3. The van der Waals surface area contributed by atoms with Gasteiger partial charge in [-0.3, -0.25) is 4.79 Å². The van der Waals surface area contributed by atoms with E-state index in [0.717, 1.165) is 4.90 Å². The Labute approximate surface area is 98.4 Å². The van der Waals surface area contributed by atoms with Crippen LogP contribution in [0.4, 0.5) is 4.79 Å². The normalized spacial score (nSPS) is 19.6. The van der Waals surface area contributed by atoms with Crippen LogP contribution in [0.15, 0.2) is 42.1 Å². The Kier molecular flexibility index (Phi) is 2.93. The van der Waals surface area contributed by atoms with Crippen LogP contribution in [0, 0.1) is 0 Å². The average molecular weight is 232 g/mol. The van der Waals surface area contributed by atoms with Gasteiger partial charge in [-0.25, -0.2) is 9.69 Å². The lowest BCUT2D eigenvalue weighted by Gasteiger charge is -2.29. The molecule has 5 nitrogen and oxygen atoms in total. The molecule has 0 aliphatic carbocycles. The second-order valence-electron chi connectivity index (χ2n) is 3.75. The van der Waals surface area contributed by atoms with Gasteiger partial charge in [0.1, 0.15) is 0 Å². The van der Waals surface area contributed by atoms with Crippen molar-refractivity contribution >= 4 is 11.9 Å². The molecule has 1 aliphatic rings. The van der Waals surface area contributed by atoms with Crippen LogP contribution < -0.4 is 5.32 Å². The third kappa shape index (κ3) is 2.05. The lowest BCUT2D eigenvalue weighted by Crippen LogP contribution is -2.52. The maximum Gasteiger partial charge on any atom is 0.330 e. The van der Waals surface area contributed by atoms with Gasteiger partial charge in [-0.05, 0) is 24.6 Å². The SMILES string of the molecule is CC1=CNC(=O)N(C(=O)c2ccccc2)C1O. The van der Waals surface area contributed by atoms with Crippen LogP contribution in [0.25, 0.3) is 0 Å². The second kappa shape index (κ2) is 4.39. The van der Waals surface area contributed by atoms with Gasteiger partial charge in [-0.2, -0.15) is 0 Å². The first kappa shape index (κ1) is 11.3. The van der Waals surface area contributed by atoms with Gasteiger partial charge < -0.3 is 10.4 Å². The summed E-state index contributed by atoms with van der Waals surface area (Å²) >= 11 is 0. The quantitative estimate of drug-likeness (QED) is 0.761. The molecule has 0 bridgehead atoms. The number of carbonyl (C=O) groups is 2.